The molecule has 5 nitrogen and oxygen atoms in total. The van der Waals surface area contributed by atoms with Crippen molar-refractivity contribution in [2.75, 3.05) is 0 Å². The summed E-state index contributed by atoms with van der Waals surface area (Å²) >= 11 is 6.28. The number of benzene rings is 2. The molecule has 0 fully saturated rings. The molecule has 158 valence electrons. The van der Waals surface area contributed by atoms with E-state index in [9.17, 15) is 18.0 Å². The molecule has 2 aromatic carbocycles. The van der Waals surface area contributed by atoms with Gasteiger partial charge in [-0.2, -0.15) is 18.3 Å². The number of hydrogen-bond donors (Lipinski definition) is 1. The third-order valence-corrected chi connectivity index (χ3v) is 4.82. The summed E-state index contributed by atoms with van der Waals surface area (Å²) in [7, 11) is 0. The molecule has 0 radical (unpaired) electrons. The summed E-state index contributed by atoms with van der Waals surface area (Å²) in [6, 6.07) is 16.6. The molecule has 31 heavy (non-hydrogen) atoms. The Morgan fingerprint density at radius 2 is 1.87 bits per heavy atom. The summed E-state index contributed by atoms with van der Waals surface area (Å²) in [6.07, 6.45) is -2.97. The van der Waals surface area contributed by atoms with E-state index < -0.39 is 17.6 Å². The Balaban J connectivity index is 1.64. The van der Waals surface area contributed by atoms with E-state index >= 15 is 0 Å². The maximum atomic E-state index is 12.9. The molecule has 4 aromatic rings. The second kappa shape index (κ2) is 8.31. The van der Waals surface area contributed by atoms with Crippen LogP contribution >= 0.6 is 11.6 Å². The largest absolute Gasteiger partial charge is 0.463 e. The van der Waals surface area contributed by atoms with Crippen LogP contribution in [0.5, 0.6) is 0 Å². The van der Waals surface area contributed by atoms with Gasteiger partial charge in [-0.3, -0.25) is 4.79 Å². The van der Waals surface area contributed by atoms with E-state index in [4.69, 9.17) is 16.0 Å². The van der Waals surface area contributed by atoms with Crippen molar-refractivity contribution < 1.29 is 22.4 Å². The molecule has 0 aliphatic carbocycles. The van der Waals surface area contributed by atoms with Crippen LogP contribution in [0.25, 0.3) is 17.1 Å². The molecule has 0 aliphatic heterocycles. The predicted molar refractivity (Wildman–Crippen MR) is 109 cm³/mol. The van der Waals surface area contributed by atoms with Crippen molar-refractivity contribution in [1.82, 2.24) is 15.1 Å². The highest BCUT2D eigenvalue weighted by Gasteiger charge is 2.30. The van der Waals surface area contributed by atoms with E-state index in [-0.39, 0.29) is 12.2 Å². The minimum absolute atomic E-state index is 0.0907. The normalized spacial score (nSPS) is 11.5. The minimum atomic E-state index is -4.46. The van der Waals surface area contributed by atoms with Crippen LogP contribution in [0, 0.1) is 0 Å². The Morgan fingerprint density at radius 3 is 2.58 bits per heavy atom. The lowest BCUT2D eigenvalue weighted by molar-refractivity contribution is -0.137. The summed E-state index contributed by atoms with van der Waals surface area (Å²) in [5.74, 6) is -0.0691. The number of carbonyl (C=O) groups excluding carboxylic acids is 1. The highest BCUT2D eigenvalue weighted by Crippen LogP contribution is 2.30. The van der Waals surface area contributed by atoms with Crippen molar-refractivity contribution in [3.63, 3.8) is 0 Å². The molecule has 0 atom stereocenters. The maximum absolute atomic E-state index is 12.9. The Kier molecular flexibility index (Phi) is 5.56. The first-order chi connectivity index (χ1) is 14.8. The van der Waals surface area contributed by atoms with Crippen LogP contribution in [0.15, 0.2) is 77.4 Å². The zero-order chi connectivity index (χ0) is 22.0. The Morgan fingerprint density at radius 1 is 1.06 bits per heavy atom. The standard InChI is InChI=1S/C22H15ClF3N3O2/c23-16-7-1-2-8-18(16)29-19(12-17(28-29)20-9-4-10-31-20)21(30)27-13-14-5-3-6-15(11-14)22(24,25)26/h1-12H,13H2,(H,27,30). The molecular weight excluding hydrogens is 431 g/mol. The quantitative estimate of drug-likeness (QED) is 0.426. The van der Waals surface area contributed by atoms with Gasteiger partial charge in [0, 0.05) is 12.6 Å². The van der Waals surface area contributed by atoms with Gasteiger partial charge in [-0.15, -0.1) is 0 Å². The molecule has 0 saturated heterocycles. The number of carbonyl (C=O) groups is 1. The van der Waals surface area contributed by atoms with Gasteiger partial charge >= 0.3 is 6.18 Å². The molecule has 0 saturated carbocycles. The van der Waals surface area contributed by atoms with Crippen molar-refractivity contribution >= 4 is 17.5 Å². The molecule has 1 amide bonds. The first-order valence-electron chi connectivity index (χ1n) is 9.16. The van der Waals surface area contributed by atoms with Crippen molar-refractivity contribution in [1.29, 1.82) is 0 Å². The smallest absolute Gasteiger partial charge is 0.416 e. The molecule has 1 N–H and O–H groups in total. The number of alkyl halides is 3. The number of furan rings is 1. The number of rotatable bonds is 5. The molecule has 0 spiro atoms. The predicted octanol–water partition coefficient (Wildman–Crippen LogP) is 5.73. The SMILES string of the molecule is O=C(NCc1cccc(C(F)(F)F)c1)c1cc(-c2ccco2)nn1-c1ccccc1Cl. The fraction of sp³-hybridized carbons (Fsp3) is 0.0909. The van der Waals surface area contributed by atoms with Crippen LogP contribution in [0.4, 0.5) is 13.2 Å². The second-order valence-electron chi connectivity index (χ2n) is 6.64. The molecule has 4 rings (SSSR count). The Bertz CT molecular complexity index is 1220. The third-order valence-electron chi connectivity index (χ3n) is 4.50. The van der Waals surface area contributed by atoms with Gasteiger partial charge in [-0.1, -0.05) is 35.9 Å². The van der Waals surface area contributed by atoms with E-state index in [0.29, 0.717) is 27.7 Å². The van der Waals surface area contributed by atoms with Crippen molar-refractivity contribution in [3.05, 3.63) is 94.8 Å². The van der Waals surface area contributed by atoms with Crippen LogP contribution in [-0.2, 0) is 12.7 Å². The molecule has 9 heteroatoms. The minimum Gasteiger partial charge on any atom is -0.463 e. The van der Waals surface area contributed by atoms with E-state index in [1.165, 1.54) is 29.1 Å². The average Bonchev–Trinajstić information content (AvgIpc) is 3.42. The lowest BCUT2D eigenvalue weighted by atomic mass is 10.1. The number of hydrogen-bond acceptors (Lipinski definition) is 3. The molecular formula is C22H15ClF3N3O2. The van der Waals surface area contributed by atoms with Crippen molar-refractivity contribution in [3.8, 4) is 17.1 Å². The number of nitrogens with zero attached hydrogens (tertiary/aromatic N) is 2. The van der Waals surface area contributed by atoms with Crippen LogP contribution in [0.1, 0.15) is 21.6 Å². The van der Waals surface area contributed by atoms with Crippen LogP contribution < -0.4 is 5.32 Å². The van der Waals surface area contributed by atoms with E-state index in [0.717, 1.165) is 12.1 Å². The number of para-hydroxylation sites is 1. The molecule has 0 bridgehead atoms. The van der Waals surface area contributed by atoms with Gasteiger partial charge in [0.2, 0.25) is 0 Å². The monoisotopic (exact) mass is 445 g/mol. The Labute approximate surface area is 180 Å². The first-order valence-corrected chi connectivity index (χ1v) is 9.54. The van der Waals surface area contributed by atoms with Gasteiger partial charge in [0.15, 0.2) is 5.76 Å². The number of amides is 1. The number of halogens is 4. The van der Waals surface area contributed by atoms with Gasteiger partial charge in [0.05, 0.1) is 22.5 Å². The van der Waals surface area contributed by atoms with E-state index in [1.807, 2.05) is 0 Å². The van der Waals surface area contributed by atoms with Crippen LogP contribution in [0.2, 0.25) is 5.02 Å². The first kappa shape index (κ1) is 20.7. The summed E-state index contributed by atoms with van der Waals surface area (Å²) in [4.78, 5) is 12.9. The summed E-state index contributed by atoms with van der Waals surface area (Å²) in [6.45, 7) is -0.0907. The second-order valence-corrected chi connectivity index (χ2v) is 7.04. The Hall–Kier alpha value is -3.52. The van der Waals surface area contributed by atoms with Crippen molar-refractivity contribution in [2.45, 2.75) is 12.7 Å². The van der Waals surface area contributed by atoms with E-state index in [2.05, 4.69) is 10.4 Å². The lowest BCUT2D eigenvalue weighted by Gasteiger charge is -2.11. The molecule has 2 aromatic heterocycles. The fourth-order valence-corrected chi connectivity index (χ4v) is 3.24. The van der Waals surface area contributed by atoms with Crippen molar-refractivity contribution in [2.24, 2.45) is 0 Å². The van der Waals surface area contributed by atoms with Crippen LogP contribution in [-0.4, -0.2) is 15.7 Å². The maximum Gasteiger partial charge on any atom is 0.416 e. The third kappa shape index (κ3) is 4.49. The lowest BCUT2D eigenvalue weighted by Crippen LogP contribution is -2.25. The highest BCUT2D eigenvalue weighted by atomic mass is 35.5. The summed E-state index contributed by atoms with van der Waals surface area (Å²) in [5, 5.41) is 7.45. The zero-order valence-corrected chi connectivity index (χ0v) is 16.6. The number of nitrogens with one attached hydrogen (secondary N) is 1. The van der Waals surface area contributed by atoms with Gasteiger partial charge < -0.3 is 9.73 Å². The average molecular weight is 446 g/mol. The van der Waals surface area contributed by atoms with Gasteiger partial charge in [-0.25, -0.2) is 4.68 Å². The topological polar surface area (TPSA) is 60.1 Å². The van der Waals surface area contributed by atoms with Gasteiger partial charge in [-0.05, 0) is 42.0 Å². The summed E-state index contributed by atoms with van der Waals surface area (Å²) < 4.78 is 45.5. The van der Waals surface area contributed by atoms with Gasteiger partial charge in [0.1, 0.15) is 11.4 Å². The molecule has 0 aliphatic rings. The van der Waals surface area contributed by atoms with Gasteiger partial charge in [0.25, 0.3) is 5.91 Å². The highest BCUT2D eigenvalue weighted by molar-refractivity contribution is 6.32. The fourth-order valence-electron chi connectivity index (χ4n) is 3.03. The molecule has 2 heterocycles. The summed E-state index contributed by atoms with van der Waals surface area (Å²) in [5.41, 5.74) is 0.588. The van der Waals surface area contributed by atoms with E-state index in [1.54, 1.807) is 36.4 Å². The number of aromatic nitrogens is 2. The molecule has 0 unspecified atom stereocenters. The zero-order valence-electron chi connectivity index (χ0n) is 15.9. The van der Waals surface area contributed by atoms with Crippen LogP contribution in [0.3, 0.4) is 0 Å².